The van der Waals surface area contributed by atoms with Crippen LogP contribution in [0.1, 0.15) is 37.2 Å². The van der Waals surface area contributed by atoms with E-state index in [2.05, 4.69) is 17.3 Å². The molecule has 2 saturated heterocycles. The van der Waals surface area contributed by atoms with Gasteiger partial charge in [-0.25, -0.2) is 13.6 Å². The zero-order chi connectivity index (χ0) is 16.8. The first-order chi connectivity index (χ1) is 11.5. The first-order valence-corrected chi connectivity index (χ1v) is 8.75. The second kappa shape index (κ2) is 5.99. The molecule has 1 aromatic carbocycles. The van der Waals surface area contributed by atoms with Crippen LogP contribution >= 0.6 is 0 Å². The SMILES string of the molecule is CN1[C@H]2CC[C@H]1CN(C(=O)N[C@@H]1C[C@@H]1c1ccc(F)cc1F)CC2. The maximum absolute atomic E-state index is 13.8. The summed E-state index contributed by atoms with van der Waals surface area (Å²) in [7, 11) is 2.15. The lowest BCUT2D eigenvalue weighted by Gasteiger charge is -2.26. The molecule has 0 unspecified atom stereocenters. The van der Waals surface area contributed by atoms with Crippen LogP contribution in [0.2, 0.25) is 0 Å². The lowest BCUT2D eigenvalue weighted by molar-refractivity contribution is 0.187. The average Bonchev–Trinajstić information content (AvgIpc) is 3.19. The maximum atomic E-state index is 13.8. The summed E-state index contributed by atoms with van der Waals surface area (Å²) in [4.78, 5) is 16.8. The van der Waals surface area contributed by atoms with E-state index in [-0.39, 0.29) is 18.0 Å². The first-order valence-electron chi connectivity index (χ1n) is 8.75. The second-order valence-electron chi connectivity index (χ2n) is 7.35. The minimum Gasteiger partial charge on any atom is -0.335 e. The van der Waals surface area contributed by atoms with Gasteiger partial charge in [0.15, 0.2) is 0 Å². The molecule has 1 aliphatic carbocycles. The molecule has 2 bridgehead atoms. The molecule has 130 valence electrons. The summed E-state index contributed by atoms with van der Waals surface area (Å²) in [6.45, 7) is 1.54. The minimum atomic E-state index is -0.568. The highest BCUT2D eigenvalue weighted by molar-refractivity contribution is 5.75. The third kappa shape index (κ3) is 2.88. The number of rotatable bonds is 2. The van der Waals surface area contributed by atoms with Gasteiger partial charge >= 0.3 is 6.03 Å². The third-order valence-corrected chi connectivity index (χ3v) is 5.90. The van der Waals surface area contributed by atoms with Crippen LogP contribution in [0, 0.1) is 11.6 Å². The molecular formula is C18H23F2N3O. The van der Waals surface area contributed by atoms with Gasteiger partial charge in [-0.15, -0.1) is 0 Å². The molecule has 24 heavy (non-hydrogen) atoms. The highest BCUT2D eigenvalue weighted by atomic mass is 19.1. The Kier molecular flexibility index (Phi) is 3.95. The van der Waals surface area contributed by atoms with E-state index in [1.807, 2.05) is 4.90 Å². The van der Waals surface area contributed by atoms with Gasteiger partial charge in [0.1, 0.15) is 11.6 Å². The van der Waals surface area contributed by atoms with Crippen molar-refractivity contribution in [3.63, 3.8) is 0 Å². The summed E-state index contributed by atoms with van der Waals surface area (Å²) < 4.78 is 26.8. The molecule has 4 atom stereocenters. The fourth-order valence-electron chi connectivity index (χ4n) is 4.24. The number of likely N-dealkylation sites (N-methyl/N-ethyl adjacent to an activating group) is 1. The maximum Gasteiger partial charge on any atom is 0.317 e. The van der Waals surface area contributed by atoms with Crippen LogP contribution in [0.3, 0.4) is 0 Å². The normalized spacial score (nSPS) is 32.5. The van der Waals surface area contributed by atoms with Crippen LogP contribution in [0.15, 0.2) is 18.2 Å². The van der Waals surface area contributed by atoms with Crippen molar-refractivity contribution in [1.29, 1.82) is 0 Å². The summed E-state index contributed by atoms with van der Waals surface area (Å²) in [5.74, 6) is -1.13. The molecule has 0 spiro atoms. The Morgan fingerprint density at radius 2 is 2.00 bits per heavy atom. The Morgan fingerprint density at radius 1 is 1.21 bits per heavy atom. The molecule has 0 radical (unpaired) electrons. The lowest BCUT2D eigenvalue weighted by Crippen LogP contribution is -2.45. The molecule has 1 N–H and O–H groups in total. The molecule has 2 heterocycles. The second-order valence-corrected chi connectivity index (χ2v) is 7.35. The van der Waals surface area contributed by atoms with Crippen LogP contribution in [0.5, 0.6) is 0 Å². The van der Waals surface area contributed by atoms with Gasteiger partial charge < -0.3 is 10.2 Å². The van der Waals surface area contributed by atoms with Crippen molar-refractivity contribution < 1.29 is 13.6 Å². The summed E-state index contributed by atoms with van der Waals surface area (Å²) in [5.41, 5.74) is 0.497. The summed E-state index contributed by atoms with van der Waals surface area (Å²) in [5, 5.41) is 3.02. The molecule has 2 aliphatic heterocycles. The van der Waals surface area contributed by atoms with Crippen LogP contribution < -0.4 is 5.32 Å². The van der Waals surface area contributed by atoms with Crippen molar-refractivity contribution in [2.24, 2.45) is 0 Å². The molecule has 2 amide bonds. The largest absolute Gasteiger partial charge is 0.335 e. The number of carbonyl (C=O) groups is 1. The van der Waals surface area contributed by atoms with Crippen molar-refractivity contribution >= 4 is 6.03 Å². The number of nitrogens with zero attached hydrogens (tertiary/aromatic N) is 2. The third-order valence-electron chi connectivity index (χ3n) is 5.90. The molecule has 3 aliphatic rings. The zero-order valence-electron chi connectivity index (χ0n) is 13.8. The Labute approximate surface area is 140 Å². The molecule has 1 saturated carbocycles. The Bertz CT molecular complexity index is 653. The standard InChI is InChI=1S/C18H23F2N3O/c1-22-12-3-4-13(22)10-23(7-6-12)18(24)21-17-9-15(17)14-5-2-11(19)8-16(14)20/h2,5,8,12-13,15,17H,3-4,6-7,9-10H2,1H3,(H,21,24)/t12-,13-,15+,17+/m0/s1. The number of hydrogen-bond acceptors (Lipinski definition) is 2. The Balaban J connectivity index is 1.36. The molecule has 4 rings (SSSR count). The van der Waals surface area contributed by atoms with E-state index < -0.39 is 11.6 Å². The number of likely N-dealkylation sites (tertiary alicyclic amines) is 1. The van der Waals surface area contributed by atoms with Crippen molar-refractivity contribution in [2.45, 2.75) is 49.7 Å². The number of halogens is 2. The van der Waals surface area contributed by atoms with Crippen molar-refractivity contribution in [2.75, 3.05) is 20.1 Å². The Morgan fingerprint density at radius 3 is 2.79 bits per heavy atom. The molecule has 6 heteroatoms. The van der Waals surface area contributed by atoms with E-state index in [1.54, 1.807) is 0 Å². The smallest absolute Gasteiger partial charge is 0.317 e. The van der Waals surface area contributed by atoms with E-state index in [9.17, 15) is 13.6 Å². The lowest BCUT2D eigenvalue weighted by atomic mass is 10.1. The van der Waals surface area contributed by atoms with Crippen molar-refractivity contribution in [3.8, 4) is 0 Å². The highest BCUT2D eigenvalue weighted by Crippen LogP contribution is 2.42. The molecule has 0 aromatic heterocycles. The summed E-state index contributed by atoms with van der Waals surface area (Å²) in [6.07, 6.45) is 4.11. The predicted molar refractivity (Wildman–Crippen MR) is 86.8 cm³/mol. The number of benzene rings is 1. The van der Waals surface area contributed by atoms with Gasteiger partial charge in [-0.3, -0.25) is 4.90 Å². The first kappa shape index (κ1) is 15.8. The van der Waals surface area contributed by atoms with E-state index in [0.29, 0.717) is 24.1 Å². The number of nitrogens with one attached hydrogen (secondary N) is 1. The molecular weight excluding hydrogens is 312 g/mol. The quantitative estimate of drug-likeness (QED) is 0.902. The van der Waals surface area contributed by atoms with Gasteiger partial charge in [-0.05, 0) is 44.4 Å². The number of urea groups is 1. The van der Waals surface area contributed by atoms with Crippen LogP contribution in [0.25, 0.3) is 0 Å². The van der Waals surface area contributed by atoms with Gasteiger partial charge in [-0.1, -0.05) is 6.07 Å². The molecule has 1 aromatic rings. The number of carbonyl (C=O) groups excluding carboxylic acids is 1. The van der Waals surface area contributed by atoms with Crippen molar-refractivity contribution in [3.05, 3.63) is 35.4 Å². The van der Waals surface area contributed by atoms with Crippen LogP contribution in [-0.4, -0.2) is 54.1 Å². The zero-order valence-corrected chi connectivity index (χ0v) is 13.8. The number of hydrogen-bond donors (Lipinski definition) is 1. The summed E-state index contributed by atoms with van der Waals surface area (Å²) in [6, 6.07) is 4.62. The fraction of sp³-hybridized carbons (Fsp3) is 0.611. The van der Waals surface area contributed by atoms with Gasteiger partial charge in [0, 0.05) is 43.2 Å². The topological polar surface area (TPSA) is 35.6 Å². The van der Waals surface area contributed by atoms with Gasteiger partial charge in [0.05, 0.1) is 0 Å². The van der Waals surface area contributed by atoms with E-state index in [1.165, 1.54) is 18.6 Å². The van der Waals surface area contributed by atoms with Gasteiger partial charge in [0.2, 0.25) is 0 Å². The van der Waals surface area contributed by atoms with Crippen LogP contribution in [0.4, 0.5) is 13.6 Å². The van der Waals surface area contributed by atoms with E-state index in [0.717, 1.165) is 32.0 Å². The highest BCUT2D eigenvalue weighted by Gasteiger charge is 2.43. The van der Waals surface area contributed by atoms with E-state index >= 15 is 0 Å². The monoisotopic (exact) mass is 335 g/mol. The molecule has 3 fully saturated rings. The van der Waals surface area contributed by atoms with Crippen LogP contribution in [-0.2, 0) is 0 Å². The fourth-order valence-corrected chi connectivity index (χ4v) is 4.24. The van der Waals surface area contributed by atoms with Gasteiger partial charge in [0.25, 0.3) is 0 Å². The van der Waals surface area contributed by atoms with E-state index in [4.69, 9.17) is 0 Å². The number of fused-ring (bicyclic) bond motifs is 2. The predicted octanol–water partition coefficient (Wildman–Crippen LogP) is 2.70. The van der Waals surface area contributed by atoms with Gasteiger partial charge in [-0.2, -0.15) is 0 Å². The van der Waals surface area contributed by atoms with Crippen molar-refractivity contribution in [1.82, 2.24) is 15.1 Å². The number of amides is 2. The Hall–Kier alpha value is -1.69. The minimum absolute atomic E-state index is 0.0411. The molecule has 4 nitrogen and oxygen atoms in total. The average molecular weight is 335 g/mol. The summed E-state index contributed by atoms with van der Waals surface area (Å²) >= 11 is 0.